The lowest BCUT2D eigenvalue weighted by atomic mass is 10.0. The summed E-state index contributed by atoms with van der Waals surface area (Å²) >= 11 is 0. The van der Waals surface area contributed by atoms with E-state index in [4.69, 9.17) is 0 Å². The van der Waals surface area contributed by atoms with Crippen molar-refractivity contribution in [3.05, 3.63) is 48.0 Å². The van der Waals surface area contributed by atoms with E-state index in [-0.39, 0.29) is 17.9 Å². The predicted molar refractivity (Wildman–Crippen MR) is 74.5 cm³/mol. The third-order valence-corrected chi connectivity index (χ3v) is 3.71. The zero-order valence-electron chi connectivity index (χ0n) is 11.2. The minimum Gasteiger partial charge on any atom is -0.336 e. The van der Waals surface area contributed by atoms with Gasteiger partial charge in [-0.3, -0.25) is 9.59 Å². The predicted octanol–water partition coefficient (Wildman–Crippen LogP) is 2.74. The fraction of sp³-hybridized carbons (Fsp3) is 0.375. The van der Waals surface area contributed by atoms with Gasteiger partial charge in [0.05, 0.1) is 6.04 Å². The molecule has 100 valence electrons. The third kappa shape index (κ3) is 3.11. The molecule has 1 amide bonds. The summed E-state index contributed by atoms with van der Waals surface area (Å²) in [6, 6.07) is 10.1. The first kappa shape index (κ1) is 13.5. The van der Waals surface area contributed by atoms with Gasteiger partial charge in [-0.1, -0.05) is 36.9 Å². The van der Waals surface area contributed by atoms with Crippen molar-refractivity contribution in [1.29, 1.82) is 0 Å². The lowest BCUT2D eigenvalue weighted by molar-refractivity contribution is -0.129. The van der Waals surface area contributed by atoms with Gasteiger partial charge >= 0.3 is 0 Å². The van der Waals surface area contributed by atoms with E-state index in [2.05, 4.69) is 6.58 Å². The summed E-state index contributed by atoms with van der Waals surface area (Å²) in [6.45, 7) is 6.45. The topological polar surface area (TPSA) is 37.4 Å². The quantitative estimate of drug-likeness (QED) is 0.601. The number of benzene rings is 1. The molecule has 1 saturated heterocycles. The highest BCUT2D eigenvalue weighted by molar-refractivity contribution is 5.80. The molecule has 0 spiro atoms. The molecule has 1 aliphatic heterocycles. The van der Waals surface area contributed by atoms with Crippen LogP contribution in [0.4, 0.5) is 0 Å². The number of hydrogen-bond donors (Lipinski definition) is 0. The number of carbonyl (C=O) groups is 2. The molecule has 0 saturated carbocycles. The van der Waals surface area contributed by atoms with Crippen LogP contribution < -0.4 is 0 Å². The zero-order chi connectivity index (χ0) is 13.8. The van der Waals surface area contributed by atoms with Crippen molar-refractivity contribution in [3.8, 4) is 0 Å². The fourth-order valence-electron chi connectivity index (χ4n) is 2.65. The largest absolute Gasteiger partial charge is 0.336 e. The van der Waals surface area contributed by atoms with E-state index in [1.54, 1.807) is 0 Å². The van der Waals surface area contributed by atoms with Crippen LogP contribution >= 0.6 is 0 Å². The molecule has 2 atom stereocenters. The Balaban J connectivity index is 2.04. The summed E-state index contributed by atoms with van der Waals surface area (Å²) in [6.07, 6.45) is 1.92. The lowest BCUT2D eigenvalue weighted by Crippen LogP contribution is -2.28. The second-order valence-electron chi connectivity index (χ2n) is 5.18. The Hall–Kier alpha value is -1.90. The molecular formula is C16H19NO2. The second-order valence-corrected chi connectivity index (χ2v) is 5.18. The van der Waals surface area contributed by atoms with Gasteiger partial charge in [0.25, 0.3) is 0 Å². The van der Waals surface area contributed by atoms with E-state index in [0.29, 0.717) is 25.0 Å². The summed E-state index contributed by atoms with van der Waals surface area (Å²) < 4.78 is 0. The molecule has 0 radical (unpaired) electrons. The van der Waals surface area contributed by atoms with Crippen LogP contribution in [0.2, 0.25) is 0 Å². The van der Waals surface area contributed by atoms with Crippen molar-refractivity contribution in [2.24, 2.45) is 5.92 Å². The van der Waals surface area contributed by atoms with Gasteiger partial charge in [-0.25, -0.2) is 0 Å². The Kier molecular flexibility index (Phi) is 4.15. The number of rotatable bonds is 5. The van der Waals surface area contributed by atoms with Crippen molar-refractivity contribution >= 4 is 12.2 Å². The van der Waals surface area contributed by atoms with Crippen LogP contribution in [-0.2, 0) is 9.59 Å². The third-order valence-electron chi connectivity index (χ3n) is 3.71. The highest BCUT2D eigenvalue weighted by Crippen LogP contribution is 2.30. The van der Waals surface area contributed by atoms with Gasteiger partial charge in [0, 0.05) is 13.0 Å². The van der Waals surface area contributed by atoms with Crippen molar-refractivity contribution in [2.45, 2.75) is 25.8 Å². The molecule has 1 aromatic rings. The average molecular weight is 257 g/mol. The van der Waals surface area contributed by atoms with E-state index >= 15 is 0 Å². The van der Waals surface area contributed by atoms with Crippen molar-refractivity contribution in [3.63, 3.8) is 0 Å². The van der Waals surface area contributed by atoms with E-state index in [0.717, 1.165) is 11.8 Å². The monoisotopic (exact) mass is 257 g/mol. The van der Waals surface area contributed by atoms with Gasteiger partial charge < -0.3 is 4.90 Å². The van der Waals surface area contributed by atoms with Crippen LogP contribution in [0.1, 0.15) is 31.4 Å². The van der Waals surface area contributed by atoms with Crippen LogP contribution in [0.5, 0.6) is 0 Å². The van der Waals surface area contributed by atoms with Gasteiger partial charge in [0.15, 0.2) is 0 Å². The van der Waals surface area contributed by atoms with E-state index in [1.807, 2.05) is 42.2 Å². The molecule has 0 aliphatic carbocycles. The molecular weight excluding hydrogens is 238 g/mol. The molecule has 1 heterocycles. The fourth-order valence-corrected chi connectivity index (χ4v) is 2.65. The highest BCUT2D eigenvalue weighted by atomic mass is 16.2. The summed E-state index contributed by atoms with van der Waals surface area (Å²) in [5, 5.41) is 0. The standard InChI is InChI=1S/C16H19NO2/c1-12(11-18)8-14-9-16(19)17(10-14)13(2)15-6-4-3-5-7-15/h3-7,11,13-14H,1,8-10H2,2H3/t13-,14-/m1/s1. The van der Waals surface area contributed by atoms with Crippen molar-refractivity contribution < 1.29 is 9.59 Å². The Morgan fingerprint density at radius 2 is 2.16 bits per heavy atom. The summed E-state index contributed by atoms with van der Waals surface area (Å²) in [5.74, 6) is 0.386. The van der Waals surface area contributed by atoms with E-state index < -0.39 is 0 Å². The van der Waals surface area contributed by atoms with E-state index in [1.165, 1.54) is 0 Å². The highest BCUT2D eigenvalue weighted by Gasteiger charge is 2.33. The number of carbonyl (C=O) groups excluding carboxylic acids is 2. The molecule has 2 rings (SSSR count). The van der Waals surface area contributed by atoms with Gasteiger partial charge in [-0.05, 0) is 30.4 Å². The molecule has 1 fully saturated rings. The molecule has 19 heavy (non-hydrogen) atoms. The summed E-state index contributed by atoms with van der Waals surface area (Å²) in [7, 11) is 0. The number of nitrogens with zero attached hydrogens (tertiary/aromatic N) is 1. The molecule has 1 aliphatic rings. The van der Waals surface area contributed by atoms with Crippen LogP contribution in [0.25, 0.3) is 0 Å². The number of hydrogen-bond acceptors (Lipinski definition) is 2. The molecule has 0 unspecified atom stereocenters. The number of aldehydes is 1. The Morgan fingerprint density at radius 3 is 2.79 bits per heavy atom. The van der Waals surface area contributed by atoms with Crippen LogP contribution in [0.3, 0.4) is 0 Å². The van der Waals surface area contributed by atoms with Crippen molar-refractivity contribution in [2.75, 3.05) is 6.54 Å². The van der Waals surface area contributed by atoms with Crippen LogP contribution in [-0.4, -0.2) is 23.6 Å². The first-order valence-corrected chi connectivity index (χ1v) is 6.59. The maximum atomic E-state index is 12.1. The SMILES string of the molecule is C=C(C=O)C[C@@H]1CC(=O)N([C@H](C)c2ccccc2)C1. The molecule has 0 bridgehead atoms. The lowest BCUT2D eigenvalue weighted by Gasteiger charge is -2.25. The van der Waals surface area contributed by atoms with Gasteiger partial charge in [0.1, 0.15) is 6.29 Å². The van der Waals surface area contributed by atoms with Gasteiger partial charge in [-0.15, -0.1) is 0 Å². The Morgan fingerprint density at radius 1 is 1.47 bits per heavy atom. The Labute approximate surface area is 113 Å². The molecule has 0 N–H and O–H groups in total. The first-order valence-electron chi connectivity index (χ1n) is 6.59. The Bertz CT molecular complexity index is 481. The molecule has 0 aromatic heterocycles. The number of amides is 1. The maximum Gasteiger partial charge on any atom is 0.223 e. The molecule has 3 nitrogen and oxygen atoms in total. The van der Waals surface area contributed by atoms with Gasteiger partial charge in [0.2, 0.25) is 5.91 Å². The number of allylic oxidation sites excluding steroid dienone is 1. The second kappa shape index (κ2) is 5.83. The minimum atomic E-state index is 0.0863. The normalized spacial score (nSPS) is 20.4. The zero-order valence-corrected chi connectivity index (χ0v) is 11.2. The maximum absolute atomic E-state index is 12.1. The van der Waals surface area contributed by atoms with Crippen LogP contribution in [0, 0.1) is 5.92 Å². The summed E-state index contributed by atoms with van der Waals surface area (Å²) in [4.78, 5) is 24.6. The first-order chi connectivity index (χ1) is 9.11. The minimum absolute atomic E-state index is 0.0863. The van der Waals surface area contributed by atoms with E-state index in [9.17, 15) is 9.59 Å². The smallest absolute Gasteiger partial charge is 0.223 e. The molecule has 1 aromatic carbocycles. The molecule has 3 heteroatoms. The van der Waals surface area contributed by atoms with Crippen molar-refractivity contribution in [1.82, 2.24) is 4.90 Å². The number of likely N-dealkylation sites (tertiary alicyclic amines) is 1. The van der Waals surface area contributed by atoms with Crippen LogP contribution in [0.15, 0.2) is 42.5 Å². The summed E-state index contributed by atoms with van der Waals surface area (Å²) in [5.41, 5.74) is 1.72. The van der Waals surface area contributed by atoms with Gasteiger partial charge in [-0.2, -0.15) is 0 Å². The average Bonchev–Trinajstić information content (AvgIpc) is 2.79.